The first-order chi connectivity index (χ1) is 9.22. The minimum atomic E-state index is 0.164. The molecule has 1 fully saturated rings. The van der Waals surface area contributed by atoms with Crippen LogP contribution in [0.2, 0.25) is 0 Å². The number of aromatic nitrogens is 1. The van der Waals surface area contributed by atoms with E-state index in [0.717, 1.165) is 53.7 Å². The molecular formula is C16H18N2O. The Morgan fingerprint density at radius 3 is 2.68 bits per heavy atom. The molecule has 0 unspecified atom stereocenters. The standard InChI is InChI=1S/C16H18N2O/c1-3-13-11(2)15(16(19)18-9-6-10-18)12-7-4-5-8-14(12)17-13/h4-5,7-8H,3,6,9-10H2,1-2H3. The van der Waals surface area contributed by atoms with Gasteiger partial charge in [0, 0.05) is 24.2 Å². The van der Waals surface area contributed by atoms with Crippen molar-refractivity contribution in [2.75, 3.05) is 13.1 Å². The van der Waals surface area contributed by atoms with Crippen molar-refractivity contribution in [1.29, 1.82) is 0 Å². The van der Waals surface area contributed by atoms with Crippen molar-refractivity contribution in [2.45, 2.75) is 26.7 Å². The van der Waals surface area contributed by atoms with Crippen LogP contribution in [0.15, 0.2) is 24.3 Å². The van der Waals surface area contributed by atoms with Crippen molar-refractivity contribution >= 4 is 16.8 Å². The summed E-state index contributed by atoms with van der Waals surface area (Å²) in [5, 5.41) is 0.981. The zero-order chi connectivity index (χ0) is 13.4. The molecule has 1 aromatic heterocycles. The Hall–Kier alpha value is -1.90. The van der Waals surface area contributed by atoms with Crippen molar-refractivity contribution in [3.8, 4) is 0 Å². The van der Waals surface area contributed by atoms with Crippen molar-refractivity contribution in [1.82, 2.24) is 9.88 Å². The van der Waals surface area contributed by atoms with E-state index >= 15 is 0 Å². The maximum Gasteiger partial charge on any atom is 0.254 e. The second kappa shape index (κ2) is 4.65. The van der Waals surface area contributed by atoms with Gasteiger partial charge in [0.1, 0.15) is 0 Å². The number of aryl methyl sites for hydroxylation is 1. The number of para-hydroxylation sites is 1. The fourth-order valence-electron chi connectivity index (χ4n) is 2.66. The van der Waals surface area contributed by atoms with Gasteiger partial charge in [-0.15, -0.1) is 0 Å². The number of benzene rings is 1. The summed E-state index contributed by atoms with van der Waals surface area (Å²) in [5.74, 6) is 0.164. The van der Waals surface area contributed by atoms with Gasteiger partial charge in [-0.25, -0.2) is 0 Å². The second-order valence-electron chi connectivity index (χ2n) is 5.07. The van der Waals surface area contributed by atoms with E-state index in [9.17, 15) is 4.79 Å². The van der Waals surface area contributed by atoms with Crippen LogP contribution in [0.1, 0.15) is 35.0 Å². The number of carbonyl (C=O) groups is 1. The first-order valence-corrected chi connectivity index (χ1v) is 6.90. The molecule has 0 radical (unpaired) electrons. The van der Waals surface area contributed by atoms with E-state index in [1.807, 2.05) is 36.1 Å². The van der Waals surface area contributed by atoms with Crippen LogP contribution < -0.4 is 0 Å². The predicted molar refractivity (Wildman–Crippen MR) is 76.4 cm³/mol. The lowest BCUT2D eigenvalue weighted by Gasteiger charge is -2.32. The average Bonchev–Trinajstić information content (AvgIpc) is 2.35. The Morgan fingerprint density at radius 2 is 2.05 bits per heavy atom. The van der Waals surface area contributed by atoms with E-state index in [1.165, 1.54) is 0 Å². The Morgan fingerprint density at radius 1 is 1.32 bits per heavy atom. The number of nitrogens with zero attached hydrogens (tertiary/aromatic N) is 2. The Labute approximate surface area is 113 Å². The van der Waals surface area contributed by atoms with Crippen LogP contribution >= 0.6 is 0 Å². The minimum Gasteiger partial charge on any atom is -0.338 e. The van der Waals surface area contributed by atoms with E-state index in [1.54, 1.807) is 0 Å². The number of hydrogen-bond donors (Lipinski definition) is 0. The summed E-state index contributed by atoms with van der Waals surface area (Å²) >= 11 is 0. The third-order valence-corrected chi connectivity index (χ3v) is 3.93. The molecule has 98 valence electrons. The molecule has 2 heterocycles. The van der Waals surface area contributed by atoms with E-state index in [0.29, 0.717) is 0 Å². The maximum atomic E-state index is 12.6. The van der Waals surface area contributed by atoms with Gasteiger partial charge in [-0.2, -0.15) is 0 Å². The molecule has 1 aliphatic rings. The third-order valence-electron chi connectivity index (χ3n) is 3.93. The lowest BCUT2D eigenvalue weighted by atomic mass is 9.98. The highest BCUT2D eigenvalue weighted by Crippen LogP contribution is 2.26. The molecule has 1 aromatic carbocycles. The molecule has 3 nitrogen and oxygen atoms in total. The quantitative estimate of drug-likeness (QED) is 0.825. The number of fused-ring (bicyclic) bond motifs is 1. The summed E-state index contributed by atoms with van der Waals surface area (Å²) < 4.78 is 0. The van der Waals surface area contributed by atoms with Crippen LogP contribution in [0.4, 0.5) is 0 Å². The minimum absolute atomic E-state index is 0.164. The van der Waals surface area contributed by atoms with E-state index in [4.69, 9.17) is 0 Å². The summed E-state index contributed by atoms with van der Waals surface area (Å²) in [7, 11) is 0. The number of hydrogen-bond acceptors (Lipinski definition) is 2. The summed E-state index contributed by atoms with van der Waals surface area (Å²) in [6.07, 6.45) is 1.98. The van der Waals surface area contributed by atoms with Gasteiger partial charge in [0.05, 0.1) is 11.1 Å². The topological polar surface area (TPSA) is 33.2 Å². The average molecular weight is 254 g/mol. The number of pyridine rings is 1. The first kappa shape index (κ1) is 12.2. The van der Waals surface area contributed by atoms with Crippen LogP contribution in [0.5, 0.6) is 0 Å². The molecule has 2 aromatic rings. The molecule has 0 saturated carbocycles. The SMILES string of the molecule is CCc1nc2ccccc2c(C(=O)N2CCC2)c1C. The van der Waals surface area contributed by atoms with E-state index < -0.39 is 0 Å². The van der Waals surface area contributed by atoms with Crippen LogP contribution in [-0.2, 0) is 6.42 Å². The molecule has 0 atom stereocenters. The number of amides is 1. The summed E-state index contributed by atoms with van der Waals surface area (Å²) in [6, 6.07) is 7.94. The number of rotatable bonds is 2. The van der Waals surface area contributed by atoms with Crippen molar-refractivity contribution in [2.24, 2.45) is 0 Å². The molecule has 0 spiro atoms. The van der Waals surface area contributed by atoms with E-state index in [2.05, 4.69) is 11.9 Å². The van der Waals surface area contributed by atoms with Gasteiger partial charge in [0.2, 0.25) is 0 Å². The maximum absolute atomic E-state index is 12.6. The largest absolute Gasteiger partial charge is 0.338 e. The molecular weight excluding hydrogens is 236 g/mol. The highest BCUT2D eigenvalue weighted by Gasteiger charge is 2.25. The molecule has 1 amide bonds. The van der Waals surface area contributed by atoms with Gasteiger partial charge >= 0.3 is 0 Å². The van der Waals surface area contributed by atoms with E-state index in [-0.39, 0.29) is 5.91 Å². The molecule has 19 heavy (non-hydrogen) atoms. The molecule has 1 saturated heterocycles. The zero-order valence-corrected chi connectivity index (χ0v) is 11.4. The van der Waals surface area contributed by atoms with Crippen LogP contribution in [0, 0.1) is 6.92 Å². The number of likely N-dealkylation sites (tertiary alicyclic amines) is 1. The molecule has 0 bridgehead atoms. The summed E-state index contributed by atoms with van der Waals surface area (Å²) in [5.41, 5.74) is 3.84. The van der Waals surface area contributed by atoms with Gasteiger partial charge in [-0.3, -0.25) is 9.78 Å². The Bertz CT molecular complexity index is 644. The van der Waals surface area contributed by atoms with Gasteiger partial charge in [0.25, 0.3) is 5.91 Å². The van der Waals surface area contributed by atoms with Crippen LogP contribution in [0.3, 0.4) is 0 Å². The Kier molecular flexibility index (Phi) is 2.97. The number of carbonyl (C=O) groups excluding carboxylic acids is 1. The fraction of sp³-hybridized carbons (Fsp3) is 0.375. The summed E-state index contributed by atoms with van der Waals surface area (Å²) in [4.78, 5) is 19.2. The predicted octanol–water partition coefficient (Wildman–Crippen LogP) is 2.95. The Balaban J connectivity index is 2.24. The summed E-state index contributed by atoms with van der Waals surface area (Å²) in [6.45, 7) is 5.88. The van der Waals surface area contributed by atoms with Gasteiger partial charge < -0.3 is 4.90 Å². The lowest BCUT2D eigenvalue weighted by Crippen LogP contribution is -2.42. The van der Waals surface area contributed by atoms with Gasteiger partial charge in [-0.1, -0.05) is 25.1 Å². The molecule has 3 heteroatoms. The molecule has 1 aliphatic heterocycles. The highest BCUT2D eigenvalue weighted by molar-refractivity contribution is 6.07. The van der Waals surface area contributed by atoms with Crippen molar-refractivity contribution in [3.05, 3.63) is 41.1 Å². The van der Waals surface area contributed by atoms with Crippen molar-refractivity contribution < 1.29 is 4.79 Å². The lowest BCUT2D eigenvalue weighted by molar-refractivity contribution is 0.0653. The first-order valence-electron chi connectivity index (χ1n) is 6.90. The van der Waals surface area contributed by atoms with Gasteiger partial charge in [-0.05, 0) is 31.4 Å². The van der Waals surface area contributed by atoms with Crippen molar-refractivity contribution in [3.63, 3.8) is 0 Å². The van der Waals surface area contributed by atoms with Gasteiger partial charge in [0.15, 0.2) is 0 Å². The molecule has 0 aliphatic carbocycles. The highest BCUT2D eigenvalue weighted by atomic mass is 16.2. The molecule has 0 N–H and O–H groups in total. The normalized spacial score (nSPS) is 14.5. The third kappa shape index (κ3) is 1.89. The smallest absolute Gasteiger partial charge is 0.254 e. The molecule has 3 rings (SSSR count). The fourth-order valence-corrected chi connectivity index (χ4v) is 2.66. The second-order valence-corrected chi connectivity index (χ2v) is 5.07. The zero-order valence-electron chi connectivity index (χ0n) is 11.4. The monoisotopic (exact) mass is 254 g/mol. The van der Waals surface area contributed by atoms with Crippen LogP contribution in [-0.4, -0.2) is 28.9 Å². The van der Waals surface area contributed by atoms with Crippen LogP contribution in [0.25, 0.3) is 10.9 Å².